The molecule has 1 aromatic heterocycles. The number of nitrogens with one attached hydrogen (secondary N) is 2. The molecule has 0 fully saturated rings. The van der Waals surface area contributed by atoms with Crippen molar-refractivity contribution in [2.75, 3.05) is 13.1 Å². The van der Waals surface area contributed by atoms with Gasteiger partial charge in [-0.3, -0.25) is 9.59 Å². The maximum Gasteiger partial charge on any atom is 0.326 e. The van der Waals surface area contributed by atoms with Crippen molar-refractivity contribution in [1.82, 2.24) is 20.2 Å². The molecular weight excluding hydrogens is 392 g/mol. The molecule has 7 N–H and O–H groups in total. The molecule has 2 atom stereocenters. The summed E-state index contributed by atoms with van der Waals surface area (Å²) in [5.41, 5.74) is 11.4. The van der Waals surface area contributed by atoms with Crippen LogP contribution in [0.1, 0.15) is 25.0 Å². The number of carboxylic acid groups (broad SMARTS) is 1. The Morgan fingerprint density at radius 1 is 1.23 bits per heavy atom. The first-order chi connectivity index (χ1) is 11.9. The second-order valence-electron chi connectivity index (χ2n) is 5.71. The zero-order chi connectivity index (χ0) is 18.8. The molecule has 0 spiro atoms. The van der Waals surface area contributed by atoms with E-state index in [2.05, 4.69) is 15.6 Å². The standard InChI is InChI=1S/C15H26N6O4.Cu/c1-21-9-18-8-10(21)6-12(19-13(22)7-17)14(23)20-11(15(24)25)4-2-3-5-16;/h8-9,11-12H,2-7,16-17H2,1H3,(H,19,22)(H,20,23)(H,24,25);/t11-,12-;/m0./s1. The summed E-state index contributed by atoms with van der Waals surface area (Å²) >= 11 is 0. The first-order valence-corrected chi connectivity index (χ1v) is 8.06. The van der Waals surface area contributed by atoms with Gasteiger partial charge in [0.25, 0.3) is 0 Å². The van der Waals surface area contributed by atoms with E-state index >= 15 is 0 Å². The van der Waals surface area contributed by atoms with E-state index < -0.39 is 29.9 Å². The molecule has 0 saturated heterocycles. The Kier molecular flexibility index (Phi) is 11.5. The molecule has 26 heavy (non-hydrogen) atoms. The van der Waals surface area contributed by atoms with Crippen LogP contribution >= 0.6 is 0 Å². The SMILES string of the molecule is Cn1cncc1C[C@H](NC(=O)CN)C(=O)N[C@@H](CCCCN)C(=O)O.[Cu]. The van der Waals surface area contributed by atoms with Crippen LogP contribution in [-0.4, -0.2) is 57.6 Å². The third-order valence-electron chi connectivity index (χ3n) is 3.73. The number of aliphatic carboxylic acids is 1. The fraction of sp³-hybridized carbons (Fsp3) is 0.600. The summed E-state index contributed by atoms with van der Waals surface area (Å²) in [6.07, 6.45) is 4.83. The summed E-state index contributed by atoms with van der Waals surface area (Å²) < 4.78 is 1.71. The van der Waals surface area contributed by atoms with E-state index in [4.69, 9.17) is 11.5 Å². The fourth-order valence-electron chi connectivity index (χ4n) is 2.28. The van der Waals surface area contributed by atoms with Gasteiger partial charge in [-0.2, -0.15) is 0 Å². The van der Waals surface area contributed by atoms with Gasteiger partial charge >= 0.3 is 5.97 Å². The molecule has 0 unspecified atom stereocenters. The van der Waals surface area contributed by atoms with Gasteiger partial charge in [0.15, 0.2) is 0 Å². The van der Waals surface area contributed by atoms with E-state index in [0.717, 1.165) is 0 Å². The minimum absolute atomic E-state index is 0. The number of hydrogen-bond acceptors (Lipinski definition) is 6. The molecule has 151 valence electrons. The van der Waals surface area contributed by atoms with E-state index in [1.807, 2.05) is 0 Å². The topological polar surface area (TPSA) is 165 Å². The van der Waals surface area contributed by atoms with E-state index in [1.165, 1.54) is 0 Å². The van der Waals surface area contributed by atoms with Gasteiger partial charge in [0.05, 0.1) is 12.9 Å². The maximum absolute atomic E-state index is 12.5. The molecule has 1 aromatic rings. The summed E-state index contributed by atoms with van der Waals surface area (Å²) in [6, 6.07) is -1.98. The summed E-state index contributed by atoms with van der Waals surface area (Å²) in [6.45, 7) is 0.185. The van der Waals surface area contributed by atoms with Crippen molar-refractivity contribution in [3.63, 3.8) is 0 Å². The van der Waals surface area contributed by atoms with Gasteiger partial charge in [-0.05, 0) is 25.8 Å². The Morgan fingerprint density at radius 2 is 1.92 bits per heavy atom. The van der Waals surface area contributed by atoms with Crippen LogP contribution in [0, 0.1) is 0 Å². The van der Waals surface area contributed by atoms with Crippen LogP contribution in [0.2, 0.25) is 0 Å². The number of aromatic nitrogens is 2. The molecule has 0 aliphatic carbocycles. The number of nitrogens with two attached hydrogens (primary N) is 2. The molecule has 0 aliphatic heterocycles. The molecule has 10 nitrogen and oxygen atoms in total. The Hall–Kier alpha value is -1.94. The van der Waals surface area contributed by atoms with Crippen molar-refractivity contribution in [2.45, 2.75) is 37.8 Å². The van der Waals surface area contributed by atoms with E-state index in [9.17, 15) is 19.5 Å². The van der Waals surface area contributed by atoms with Crippen molar-refractivity contribution >= 4 is 17.8 Å². The molecule has 0 aromatic carbocycles. The summed E-state index contributed by atoms with van der Waals surface area (Å²) in [5.74, 6) is -2.21. The van der Waals surface area contributed by atoms with E-state index in [1.54, 1.807) is 24.1 Å². The van der Waals surface area contributed by atoms with E-state index in [-0.39, 0.29) is 36.5 Å². The third-order valence-corrected chi connectivity index (χ3v) is 3.73. The van der Waals surface area contributed by atoms with Crippen molar-refractivity contribution in [2.24, 2.45) is 18.5 Å². The van der Waals surface area contributed by atoms with Crippen LogP contribution in [0.25, 0.3) is 0 Å². The summed E-state index contributed by atoms with van der Waals surface area (Å²) in [5, 5.41) is 14.3. The predicted octanol–water partition coefficient (Wildman–Crippen LogP) is -1.90. The van der Waals surface area contributed by atoms with Crippen LogP contribution in [0.15, 0.2) is 12.5 Å². The second kappa shape index (κ2) is 12.4. The zero-order valence-electron chi connectivity index (χ0n) is 14.6. The van der Waals surface area contributed by atoms with Gasteiger partial charge in [0.2, 0.25) is 11.8 Å². The molecule has 1 radical (unpaired) electrons. The molecule has 0 bridgehead atoms. The van der Waals surface area contributed by atoms with Crippen molar-refractivity contribution in [3.8, 4) is 0 Å². The molecule has 2 amide bonds. The van der Waals surface area contributed by atoms with Crippen LogP contribution in [-0.2, 0) is 44.9 Å². The van der Waals surface area contributed by atoms with Gasteiger partial charge in [-0.1, -0.05) is 0 Å². The number of hydrogen-bond donors (Lipinski definition) is 5. The minimum atomic E-state index is -1.13. The van der Waals surface area contributed by atoms with Gasteiger partial charge in [-0.25, -0.2) is 9.78 Å². The number of carbonyl (C=O) groups excluding carboxylic acids is 2. The summed E-state index contributed by atoms with van der Waals surface area (Å²) in [4.78, 5) is 39.4. The van der Waals surface area contributed by atoms with Gasteiger partial charge in [0.1, 0.15) is 12.1 Å². The molecule has 1 rings (SSSR count). The van der Waals surface area contributed by atoms with Gasteiger partial charge in [-0.15, -0.1) is 0 Å². The predicted molar refractivity (Wildman–Crippen MR) is 90.4 cm³/mol. The number of amides is 2. The quantitative estimate of drug-likeness (QED) is 0.207. The molecule has 11 heteroatoms. The number of carbonyl (C=O) groups is 3. The zero-order valence-corrected chi connectivity index (χ0v) is 15.5. The van der Waals surface area contributed by atoms with Crippen LogP contribution in [0.5, 0.6) is 0 Å². The molecule has 0 saturated carbocycles. The average Bonchev–Trinajstić information content (AvgIpc) is 2.97. The van der Waals surface area contributed by atoms with E-state index in [0.29, 0.717) is 25.1 Å². The number of carboxylic acids is 1. The fourth-order valence-corrected chi connectivity index (χ4v) is 2.28. The van der Waals surface area contributed by atoms with Crippen LogP contribution in [0.4, 0.5) is 0 Å². The van der Waals surface area contributed by atoms with Crippen LogP contribution in [0.3, 0.4) is 0 Å². The maximum atomic E-state index is 12.5. The Labute approximate surface area is 162 Å². The Morgan fingerprint density at radius 3 is 2.42 bits per heavy atom. The van der Waals surface area contributed by atoms with Crippen LogP contribution < -0.4 is 22.1 Å². The largest absolute Gasteiger partial charge is 0.480 e. The Bertz CT molecular complexity index is 594. The molecule has 1 heterocycles. The number of unbranched alkanes of at least 4 members (excludes halogenated alkanes) is 1. The number of imidazole rings is 1. The first kappa shape index (κ1) is 24.1. The smallest absolute Gasteiger partial charge is 0.326 e. The van der Waals surface area contributed by atoms with Crippen molar-refractivity contribution in [3.05, 3.63) is 18.2 Å². The van der Waals surface area contributed by atoms with Crippen molar-refractivity contribution < 1.29 is 36.6 Å². The number of rotatable bonds is 11. The second-order valence-corrected chi connectivity index (χ2v) is 5.71. The van der Waals surface area contributed by atoms with Gasteiger partial charge in [0, 0.05) is 42.4 Å². The average molecular weight is 418 g/mol. The van der Waals surface area contributed by atoms with Crippen molar-refractivity contribution in [1.29, 1.82) is 0 Å². The molecule has 0 aliphatic rings. The third kappa shape index (κ3) is 7.96. The number of nitrogens with zero attached hydrogens (tertiary/aromatic N) is 2. The number of aryl methyl sites for hydroxylation is 1. The summed E-state index contributed by atoms with van der Waals surface area (Å²) in [7, 11) is 1.76. The minimum Gasteiger partial charge on any atom is -0.480 e. The van der Waals surface area contributed by atoms with Gasteiger partial charge < -0.3 is 31.8 Å². The Balaban J connectivity index is 0.00000625. The monoisotopic (exact) mass is 417 g/mol. The molecular formula is C15H26CuN6O4. The normalized spacial score (nSPS) is 12.6. The first-order valence-electron chi connectivity index (χ1n) is 8.06.